The highest BCUT2D eigenvalue weighted by molar-refractivity contribution is 6.80. The summed E-state index contributed by atoms with van der Waals surface area (Å²) in [5, 5.41) is 0.493. The van der Waals surface area contributed by atoms with Crippen LogP contribution in [0.5, 0.6) is 0 Å². The van der Waals surface area contributed by atoms with E-state index in [9.17, 15) is 0 Å². The summed E-state index contributed by atoms with van der Waals surface area (Å²) in [5.74, 6) is 0. The fourth-order valence-corrected chi connectivity index (χ4v) is 6.56. The molecule has 0 rings (SSSR count). The van der Waals surface area contributed by atoms with Gasteiger partial charge in [-0.2, -0.15) is 0 Å². The van der Waals surface area contributed by atoms with Gasteiger partial charge in [0.1, 0.15) is 8.24 Å². The van der Waals surface area contributed by atoms with Gasteiger partial charge in [-0.25, -0.2) is 0 Å². The number of nitrogens with one attached hydrogen (secondary N) is 1. The minimum atomic E-state index is -1.20. The van der Waals surface area contributed by atoms with Crippen LogP contribution in [0.3, 0.4) is 0 Å². The Morgan fingerprint density at radius 2 is 1.67 bits per heavy atom. The van der Waals surface area contributed by atoms with Crippen LogP contribution in [0.2, 0.25) is 17.1 Å². The molecule has 1 atom stereocenters. The molecule has 0 aliphatic heterocycles. The molecule has 0 aromatic rings. The van der Waals surface area contributed by atoms with E-state index in [0.717, 1.165) is 0 Å². The summed E-state index contributed by atoms with van der Waals surface area (Å²) in [6.07, 6.45) is 1.32. The lowest BCUT2D eigenvalue weighted by Gasteiger charge is -2.42. The molecule has 0 bridgehead atoms. The smallest absolute Gasteiger partial charge is 0.130 e. The monoisotopic (exact) mass is 187 g/mol. The normalized spacial score (nSPS) is 17.5. The standard InChI is InChI=1S/C10H25NSi/c1-7-9-12(8-2,11-6)10(3,4)5/h11H,7-9H2,1-6H3. The van der Waals surface area contributed by atoms with Crippen LogP contribution >= 0.6 is 0 Å². The Morgan fingerprint density at radius 1 is 1.17 bits per heavy atom. The molecule has 0 heterocycles. The zero-order valence-corrected chi connectivity index (χ0v) is 10.6. The van der Waals surface area contributed by atoms with E-state index in [2.05, 4.69) is 46.6 Å². The molecule has 74 valence electrons. The van der Waals surface area contributed by atoms with Crippen LogP contribution in [0.15, 0.2) is 0 Å². The number of hydrogen-bond acceptors (Lipinski definition) is 1. The number of rotatable bonds is 4. The molecule has 2 heteroatoms. The van der Waals surface area contributed by atoms with E-state index in [4.69, 9.17) is 0 Å². The molecule has 0 aliphatic rings. The second-order valence-electron chi connectivity index (χ2n) is 4.69. The van der Waals surface area contributed by atoms with Gasteiger partial charge in [0.05, 0.1) is 0 Å². The Labute approximate surface area is 79.0 Å². The lowest BCUT2D eigenvalue weighted by atomic mass is 10.2. The molecular weight excluding hydrogens is 162 g/mol. The average Bonchev–Trinajstić information content (AvgIpc) is 1.98. The molecule has 1 N–H and O–H groups in total. The lowest BCUT2D eigenvalue weighted by Crippen LogP contribution is -2.54. The molecule has 0 aromatic carbocycles. The van der Waals surface area contributed by atoms with E-state index < -0.39 is 8.24 Å². The van der Waals surface area contributed by atoms with E-state index in [1.54, 1.807) is 0 Å². The molecule has 0 saturated carbocycles. The Hall–Kier alpha value is 0.177. The first kappa shape index (κ1) is 12.2. The van der Waals surface area contributed by atoms with Crippen LogP contribution in [0.25, 0.3) is 0 Å². The third kappa shape index (κ3) is 2.33. The Morgan fingerprint density at radius 3 is 1.75 bits per heavy atom. The van der Waals surface area contributed by atoms with Crippen LogP contribution in [0, 0.1) is 0 Å². The molecule has 0 fully saturated rings. The summed E-state index contributed by atoms with van der Waals surface area (Å²) in [4.78, 5) is 3.64. The zero-order chi connectivity index (χ0) is 9.83. The first-order valence-corrected chi connectivity index (χ1v) is 7.54. The van der Waals surface area contributed by atoms with Crippen molar-refractivity contribution in [3.63, 3.8) is 0 Å². The SMILES string of the molecule is CCC[Si](CC)(NC)C(C)(C)C. The largest absolute Gasteiger partial charge is 0.339 e. The van der Waals surface area contributed by atoms with E-state index in [1.807, 2.05) is 0 Å². The molecule has 0 amide bonds. The molecule has 1 nitrogen and oxygen atoms in total. The van der Waals surface area contributed by atoms with Crippen molar-refractivity contribution in [1.82, 2.24) is 4.98 Å². The molecule has 0 saturated heterocycles. The topological polar surface area (TPSA) is 12.0 Å². The van der Waals surface area contributed by atoms with Gasteiger partial charge in [0, 0.05) is 0 Å². The zero-order valence-electron chi connectivity index (χ0n) is 9.62. The van der Waals surface area contributed by atoms with Crippen molar-refractivity contribution in [2.24, 2.45) is 0 Å². The van der Waals surface area contributed by atoms with Gasteiger partial charge < -0.3 is 4.98 Å². The van der Waals surface area contributed by atoms with E-state index in [1.165, 1.54) is 18.5 Å². The van der Waals surface area contributed by atoms with Crippen molar-refractivity contribution in [3.05, 3.63) is 0 Å². The van der Waals surface area contributed by atoms with Gasteiger partial charge in [0.2, 0.25) is 0 Å². The summed E-state index contributed by atoms with van der Waals surface area (Å²) in [6.45, 7) is 11.8. The van der Waals surface area contributed by atoms with Gasteiger partial charge in [-0.3, -0.25) is 0 Å². The Balaban J connectivity index is 4.57. The fraction of sp³-hybridized carbons (Fsp3) is 1.00. The highest BCUT2D eigenvalue weighted by Gasteiger charge is 2.40. The molecule has 12 heavy (non-hydrogen) atoms. The third-order valence-corrected chi connectivity index (χ3v) is 9.58. The highest BCUT2D eigenvalue weighted by atomic mass is 28.3. The van der Waals surface area contributed by atoms with Gasteiger partial charge in [-0.15, -0.1) is 0 Å². The number of hydrogen-bond donors (Lipinski definition) is 1. The quantitative estimate of drug-likeness (QED) is 0.665. The average molecular weight is 187 g/mol. The van der Waals surface area contributed by atoms with Gasteiger partial charge >= 0.3 is 0 Å². The highest BCUT2D eigenvalue weighted by Crippen LogP contribution is 2.39. The molecule has 1 unspecified atom stereocenters. The van der Waals surface area contributed by atoms with Crippen LogP contribution in [-0.2, 0) is 0 Å². The van der Waals surface area contributed by atoms with Crippen molar-refractivity contribution < 1.29 is 0 Å². The van der Waals surface area contributed by atoms with Crippen molar-refractivity contribution >= 4 is 8.24 Å². The van der Waals surface area contributed by atoms with Gasteiger partial charge in [-0.05, 0) is 24.2 Å². The van der Waals surface area contributed by atoms with E-state index >= 15 is 0 Å². The maximum Gasteiger partial charge on any atom is 0.130 e. The van der Waals surface area contributed by atoms with Crippen LogP contribution in [0.1, 0.15) is 41.0 Å². The van der Waals surface area contributed by atoms with Crippen LogP contribution in [-0.4, -0.2) is 15.3 Å². The summed E-state index contributed by atoms with van der Waals surface area (Å²) < 4.78 is 0. The van der Waals surface area contributed by atoms with Crippen molar-refractivity contribution in [2.75, 3.05) is 7.05 Å². The van der Waals surface area contributed by atoms with Crippen molar-refractivity contribution in [1.29, 1.82) is 0 Å². The maximum atomic E-state index is 3.64. The van der Waals surface area contributed by atoms with E-state index in [-0.39, 0.29) is 0 Å². The Kier molecular flexibility index (Phi) is 4.49. The summed E-state index contributed by atoms with van der Waals surface area (Å²) in [5.41, 5.74) is 0. The molecular formula is C10H25NSi. The second-order valence-corrected chi connectivity index (χ2v) is 10.1. The first-order chi connectivity index (χ1) is 5.43. The van der Waals surface area contributed by atoms with Gasteiger partial charge in [0.15, 0.2) is 0 Å². The van der Waals surface area contributed by atoms with Crippen molar-refractivity contribution in [2.45, 2.75) is 58.2 Å². The van der Waals surface area contributed by atoms with Gasteiger partial charge in [0.25, 0.3) is 0 Å². The van der Waals surface area contributed by atoms with E-state index in [0.29, 0.717) is 5.04 Å². The van der Waals surface area contributed by atoms with Crippen LogP contribution < -0.4 is 4.98 Å². The predicted octanol–water partition coefficient (Wildman–Crippen LogP) is 3.38. The maximum absolute atomic E-state index is 3.64. The molecule has 0 aliphatic carbocycles. The van der Waals surface area contributed by atoms with Gasteiger partial charge in [-0.1, -0.05) is 41.0 Å². The summed E-state index contributed by atoms with van der Waals surface area (Å²) in [6, 6.07) is 2.75. The summed E-state index contributed by atoms with van der Waals surface area (Å²) >= 11 is 0. The first-order valence-electron chi connectivity index (χ1n) is 5.12. The minimum Gasteiger partial charge on any atom is -0.339 e. The van der Waals surface area contributed by atoms with Crippen molar-refractivity contribution in [3.8, 4) is 0 Å². The molecule has 0 radical (unpaired) electrons. The Bertz CT molecular complexity index is 122. The van der Waals surface area contributed by atoms with Crippen LogP contribution in [0.4, 0.5) is 0 Å². The second kappa shape index (κ2) is 4.42. The minimum absolute atomic E-state index is 0.493. The molecule has 0 spiro atoms. The third-order valence-electron chi connectivity index (χ3n) is 3.19. The fourth-order valence-electron chi connectivity index (χ4n) is 2.19. The predicted molar refractivity (Wildman–Crippen MR) is 60.1 cm³/mol. The lowest BCUT2D eigenvalue weighted by molar-refractivity contribution is 0.674. The summed E-state index contributed by atoms with van der Waals surface area (Å²) in [7, 11) is 0.954. The molecule has 0 aromatic heterocycles.